The second-order valence-corrected chi connectivity index (χ2v) is 5.68. The average Bonchev–Trinajstić information content (AvgIpc) is 2.66. The highest BCUT2D eigenvalue weighted by molar-refractivity contribution is 5.70. The molecule has 0 amide bonds. The third-order valence-electron chi connectivity index (χ3n) is 3.91. The molecule has 138 valence electrons. The molecule has 2 rings (SSSR count). The molecule has 2 aromatic rings. The molecule has 26 heavy (non-hydrogen) atoms. The Bertz CT molecular complexity index is 747. The van der Waals surface area contributed by atoms with E-state index in [0.29, 0.717) is 23.7 Å². The van der Waals surface area contributed by atoms with Crippen molar-refractivity contribution in [2.24, 2.45) is 0 Å². The molecular formula is C19H21NO6. The maximum Gasteiger partial charge on any atom is 0.306 e. The lowest BCUT2D eigenvalue weighted by Crippen LogP contribution is -2.17. The average molecular weight is 359 g/mol. The number of nitrogens with zero attached hydrogens (tertiary/aromatic N) is 1. The lowest BCUT2D eigenvalue weighted by molar-refractivity contribution is -0.483. The second-order valence-electron chi connectivity index (χ2n) is 5.68. The van der Waals surface area contributed by atoms with E-state index in [4.69, 9.17) is 9.47 Å². The van der Waals surface area contributed by atoms with Crippen molar-refractivity contribution in [1.29, 1.82) is 0 Å². The molecule has 0 aliphatic rings. The molecular weight excluding hydrogens is 338 g/mol. The van der Waals surface area contributed by atoms with Crippen molar-refractivity contribution in [3.8, 4) is 11.5 Å². The predicted octanol–water partition coefficient (Wildman–Crippen LogP) is 3.20. The van der Waals surface area contributed by atoms with Crippen molar-refractivity contribution in [2.45, 2.75) is 18.9 Å². The number of methoxy groups -OCH3 is 2. The monoisotopic (exact) mass is 359 g/mol. The lowest BCUT2D eigenvalue weighted by Gasteiger charge is -2.16. The zero-order chi connectivity index (χ0) is 18.9. The van der Waals surface area contributed by atoms with Crippen molar-refractivity contribution in [1.82, 2.24) is 0 Å². The van der Waals surface area contributed by atoms with Crippen LogP contribution in [0.5, 0.6) is 11.5 Å². The molecule has 0 N–H and O–H groups in total. The molecule has 2 aromatic carbocycles. The highest BCUT2D eigenvalue weighted by Gasteiger charge is 2.23. The van der Waals surface area contributed by atoms with Crippen LogP contribution in [0, 0.1) is 10.1 Å². The maximum absolute atomic E-state index is 11.6. The number of benzene rings is 2. The maximum atomic E-state index is 11.6. The number of nitro groups is 1. The van der Waals surface area contributed by atoms with Gasteiger partial charge in [0.25, 0.3) is 0 Å². The molecule has 0 aliphatic heterocycles. The van der Waals surface area contributed by atoms with Gasteiger partial charge < -0.3 is 14.2 Å². The van der Waals surface area contributed by atoms with Crippen LogP contribution in [-0.2, 0) is 16.1 Å². The summed E-state index contributed by atoms with van der Waals surface area (Å²) >= 11 is 0. The second kappa shape index (κ2) is 9.41. The zero-order valence-corrected chi connectivity index (χ0v) is 14.7. The van der Waals surface area contributed by atoms with Gasteiger partial charge in [-0.25, -0.2) is 0 Å². The van der Waals surface area contributed by atoms with E-state index in [1.807, 2.05) is 30.3 Å². The van der Waals surface area contributed by atoms with Gasteiger partial charge in [-0.1, -0.05) is 36.4 Å². The summed E-state index contributed by atoms with van der Waals surface area (Å²) in [5.74, 6) is -0.128. The van der Waals surface area contributed by atoms with Crippen molar-refractivity contribution < 1.29 is 23.9 Å². The van der Waals surface area contributed by atoms with E-state index in [9.17, 15) is 14.9 Å². The van der Waals surface area contributed by atoms with Crippen molar-refractivity contribution >= 4 is 5.97 Å². The first-order valence-electron chi connectivity index (χ1n) is 8.06. The Morgan fingerprint density at radius 3 is 2.46 bits per heavy atom. The smallest absolute Gasteiger partial charge is 0.306 e. The van der Waals surface area contributed by atoms with Gasteiger partial charge in [-0.3, -0.25) is 14.9 Å². The molecule has 0 saturated heterocycles. The fourth-order valence-corrected chi connectivity index (χ4v) is 2.55. The first kappa shape index (κ1) is 19.2. The van der Waals surface area contributed by atoms with Gasteiger partial charge in [-0.05, 0) is 23.3 Å². The van der Waals surface area contributed by atoms with Crippen molar-refractivity contribution in [3.05, 3.63) is 69.8 Å². The Hall–Kier alpha value is -3.09. The number of carbonyl (C=O) groups excluding carboxylic acids is 1. The number of esters is 1. The summed E-state index contributed by atoms with van der Waals surface area (Å²) in [5.41, 5.74) is 1.60. The molecule has 7 heteroatoms. The summed E-state index contributed by atoms with van der Waals surface area (Å²) in [7, 11) is 2.78. The van der Waals surface area contributed by atoms with Crippen molar-refractivity contribution in [2.75, 3.05) is 20.8 Å². The largest absolute Gasteiger partial charge is 0.493 e. The van der Waals surface area contributed by atoms with E-state index in [2.05, 4.69) is 4.74 Å². The topological polar surface area (TPSA) is 87.9 Å². The van der Waals surface area contributed by atoms with Gasteiger partial charge in [0.05, 0.1) is 26.6 Å². The van der Waals surface area contributed by atoms with Gasteiger partial charge >= 0.3 is 5.97 Å². The minimum absolute atomic E-state index is 0.0814. The molecule has 0 radical (unpaired) electrons. The van der Waals surface area contributed by atoms with Crippen LogP contribution in [0.25, 0.3) is 0 Å². The first-order chi connectivity index (χ1) is 12.5. The van der Waals surface area contributed by atoms with Crippen LogP contribution in [0.15, 0.2) is 48.5 Å². The molecule has 0 unspecified atom stereocenters. The highest BCUT2D eigenvalue weighted by atomic mass is 16.6. The van der Waals surface area contributed by atoms with E-state index in [0.717, 1.165) is 5.56 Å². The van der Waals surface area contributed by atoms with Crippen LogP contribution in [0.3, 0.4) is 0 Å². The van der Waals surface area contributed by atoms with Gasteiger partial charge in [0.2, 0.25) is 6.54 Å². The Balaban J connectivity index is 2.24. The van der Waals surface area contributed by atoms with Crippen LogP contribution in [0.4, 0.5) is 0 Å². The minimum atomic E-state index is -0.609. The third kappa shape index (κ3) is 5.47. The van der Waals surface area contributed by atoms with E-state index in [-0.39, 0.29) is 13.0 Å². The summed E-state index contributed by atoms with van der Waals surface area (Å²) < 4.78 is 15.8. The Kier molecular flexibility index (Phi) is 6.96. The van der Waals surface area contributed by atoms with Crippen molar-refractivity contribution in [3.63, 3.8) is 0 Å². The Labute approximate surface area is 151 Å². The Morgan fingerprint density at radius 1 is 1.12 bits per heavy atom. The zero-order valence-electron chi connectivity index (χ0n) is 14.7. The van der Waals surface area contributed by atoms with E-state index >= 15 is 0 Å². The van der Waals surface area contributed by atoms with Crippen LogP contribution in [0.1, 0.15) is 23.5 Å². The molecule has 0 spiro atoms. The number of hydrogen-bond acceptors (Lipinski definition) is 6. The fourth-order valence-electron chi connectivity index (χ4n) is 2.55. The highest BCUT2D eigenvalue weighted by Crippen LogP contribution is 2.33. The van der Waals surface area contributed by atoms with E-state index in [1.165, 1.54) is 14.2 Å². The van der Waals surface area contributed by atoms with Crippen LogP contribution in [0.2, 0.25) is 0 Å². The van der Waals surface area contributed by atoms with Gasteiger partial charge in [0, 0.05) is 4.92 Å². The molecule has 1 atom stereocenters. The molecule has 0 aliphatic carbocycles. The van der Waals surface area contributed by atoms with E-state index < -0.39 is 16.8 Å². The van der Waals surface area contributed by atoms with Gasteiger partial charge in [0.1, 0.15) is 6.61 Å². The number of carbonyl (C=O) groups is 1. The number of rotatable bonds is 9. The van der Waals surface area contributed by atoms with Gasteiger partial charge in [-0.2, -0.15) is 0 Å². The summed E-state index contributed by atoms with van der Waals surface area (Å²) in [6.07, 6.45) is -0.0814. The normalized spacial score (nSPS) is 11.5. The minimum Gasteiger partial charge on any atom is -0.493 e. The molecule has 0 bridgehead atoms. The SMILES string of the molecule is COC(=O)C[C@@H](C[N+](=O)[O-])c1ccc(OC)c(OCc2ccccc2)c1. The first-order valence-corrected chi connectivity index (χ1v) is 8.06. The Morgan fingerprint density at radius 2 is 1.85 bits per heavy atom. The molecule has 0 saturated carbocycles. The number of hydrogen-bond donors (Lipinski definition) is 0. The van der Waals surface area contributed by atoms with Gasteiger partial charge in [0.15, 0.2) is 11.5 Å². The fraction of sp³-hybridized carbons (Fsp3) is 0.316. The van der Waals surface area contributed by atoms with Crippen LogP contribution < -0.4 is 9.47 Å². The summed E-state index contributed by atoms with van der Waals surface area (Å²) in [5, 5.41) is 11.0. The lowest BCUT2D eigenvalue weighted by atomic mass is 9.95. The molecule has 0 heterocycles. The molecule has 0 aromatic heterocycles. The third-order valence-corrected chi connectivity index (χ3v) is 3.91. The van der Waals surface area contributed by atoms with Crippen LogP contribution in [-0.4, -0.2) is 31.7 Å². The summed E-state index contributed by atoms with van der Waals surface area (Å²) in [4.78, 5) is 22.1. The number of ether oxygens (including phenoxy) is 3. The van der Waals surface area contributed by atoms with Gasteiger partial charge in [-0.15, -0.1) is 0 Å². The molecule has 0 fully saturated rings. The quantitative estimate of drug-likeness (QED) is 0.388. The summed E-state index contributed by atoms with van der Waals surface area (Å²) in [6, 6.07) is 14.7. The standard InChI is InChI=1S/C19H21NO6/c1-24-17-9-8-15(16(12-20(22)23)11-19(21)25-2)10-18(17)26-13-14-6-4-3-5-7-14/h3-10,16H,11-13H2,1-2H3/t16-/m0/s1. The predicted molar refractivity (Wildman–Crippen MR) is 95.0 cm³/mol. The van der Waals surface area contributed by atoms with Crippen LogP contribution >= 0.6 is 0 Å². The van der Waals surface area contributed by atoms with E-state index in [1.54, 1.807) is 18.2 Å². The molecule has 7 nitrogen and oxygen atoms in total. The summed E-state index contributed by atoms with van der Waals surface area (Å²) in [6.45, 7) is -0.0445.